The Bertz CT molecular complexity index is 1270. The minimum Gasteiger partial charge on any atom is -0.459 e. The van der Waals surface area contributed by atoms with Crippen molar-refractivity contribution in [2.75, 3.05) is 0 Å². The van der Waals surface area contributed by atoms with Gasteiger partial charge in [-0.05, 0) is 64.8 Å². The third-order valence-corrected chi connectivity index (χ3v) is 9.68. The SMILES string of the molecule is CC1(C)[C@H]2C[C@H](OC(=O)[C@H]([C@@H](O)c3cccs3)C(F)(F)F)[C@](C)(OCc3cccc4ccccc34)[C@@H]1C2. The third kappa shape index (κ3) is 4.57. The number of carbonyl (C=O) groups excluding carboxylic acids is 1. The molecule has 198 valence electrons. The molecule has 3 aliphatic carbocycles. The lowest BCUT2D eigenvalue weighted by molar-refractivity contribution is -0.281. The van der Waals surface area contributed by atoms with Crippen LogP contribution in [-0.2, 0) is 20.9 Å². The van der Waals surface area contributed by atoms with Crippen LogP contribution in [0.1, 0.15) is 50.2 Å². The second-order valence-electron chi connectivity index (χ2n) is 11.1. The number of halogens is 3. The zero-order valence-corrected chi connectivity index (χ0v) is 21.8. The molecule has 3 aliphatic rings. The monoisotopic (exact) mass is 532 g/mol. The number of thiophene rings is 1. The summed E-state index contributed by atoms with van der Waals surface area (Å²) in [5.74, 6) is -3.90. The standard InChI is InChI=1S/C29H31F3O4S/c1-27(2)19-14-22(27)28(3,35-16-18-10-6-9-17-8-4-5-11-20(17)18)23(15-19)36-26(34)24(29(30,31)32)25(33)21-12-7-13-37-21/h4-13,19,22-25,33H,14-16H2,1-3H3/t19-,22-,23+,24+,25+,28-/m1/s1. The summed E-state index contributed by atoms with van der Waals surface area (Å²) < 4.78 is 54.2. The minimum absolute atomic E-state index is 0.0121. The zero-order valence-electron chi connectivity index (χ0n) is 21.0. The fraction of sp³-hybridized carbons (Fsp3) is 0.483. The van der Waals surface area contributed by atoms with E-state index in [9.17, 15) is 23.1 Å². The van der Waals surface area contributed by atoms with Gasteiger partial charge in [-0.15, -0.1) is 11.3 Å². The van der Waals surface area contributed by atoms with E-state index in [1.807, 2.05) is 49.4 Å². The Morgan fingerprint density at radius 2 is 1.81 bits per heavy atom. The third-order valence-electron chi connectivity index (χ3n) is 8.73. The summed E-state index contributed by atoms with van der Waals surface area (Å²) in [6.07, 6.45) is -6.55. The number of ether oxygens (including phenoxy) is 2. The molecule has 4 nitrogen and oxygen atoms in total. The first-order valence-electron chi connectivity index (χ1n) is 12.5. The summed E-state index contributed by atoms with van der Waals surface area (Å²) in [5, 5.41) is 14.2. The molecule has 37 heavy (non-hydrogen) atoms. The first-order chi connectivity index (χ1) is 17.4. The predicted molar refractivity (Wildman–Crippen MR) is 136 cm³/mol. The van der Waals surface area contributed by atoms with Crippen LogP contribution in [-0.4, -0.2) is 29.0 Å². The number of hydrogen-bond acceptors (Lipinski definition) is 5. The Kier molecular flexibility index (Phi) is 6.66. The van der Waals surface area contributed by atoms with Gasteiger partial charge in [0.05, 0.1) is 6.61 Å². The van der Waals surface area contributed by atoms with Gasteiger partial charge >= 0.3 is 12.1 Å². The van der Waals surface area contributed by atoms with Crippen molar-refractivity contribution >= 4 is 28.1 Å². The summed E-state index contributed by atoms with van der Waals surface area (Å²) in [7, 11) is 0. The lowest BCUT2D eigenvalue weighted by Crippen LogP contribution is -2.68. The fourth-order valence-electron chi connectivity index (χ4n) is 6.39. The molecule has 6 atom stereocenters. The van der Waals surface area contributed by atoms with Gasteiger partial charge in [0.15, 0.2) is 5.92 Å². The highest BCUT2D eigenvalue weighted by Gasteiger charge is 2.66. The van der Waals surface area contributed by atoms with E-state index in [-0.39, 0.29) is 28.7 Å². The van der Waals surface area contributed by atoms with Crippen LogP contribution < -0.4 is 0 Å². The van der Waals surface area contributed by atoms with Crippen LogP contribution in [0.2, 0.25) is 0 Å². The molecule has 3 saturated carbocycles. The average Bonchev–Trinajstić information content (AvgIpc) is 3.38. The molecule has 1 heterocycles. The molecule has 1 aromatic heterocycles. The second kappa shape index (κ2) is 9.40. The normalized spacial score (nSPS) is 28.4. The van der Waals surface area contributed by atoms with E-state index < -0.39 is 35.9 Å². The Balaban J connectivity index is 1.41. The van der Waals surface area contributed by atoms with Gasteiger partial charge in [0, 0.05) is 4.88 Å². The van der Waals surface area contributed by atoms with Crippen LogP contribution in [0.5, 0.6) is 0 Å². The van der Waals surface area contributed by atoms with Gasteiger partial charge < -0.3 is 14.6 Å². The quantitative estimate of drug-likeness (QED) is 0.331. The summed E-state index contributed by atoms with van der Waals surface area (Å²) in [4.78, 5) is 13.1. The van der Waals surface area contributed by atoms with Crippen molar-refractivity contribution in [2.45, 2.75) is 64.2 Å². The smallest absolute Gasteiger partial charge is 0.405 e. The van der Waals surface area contributed by atoms with Crippen molar-refractivity contribution in [3.8, 4) is 0 Å². The molecule has 8 heteroatoms. The first kappa shape index (κ1) is 26.2. The number of fused-ring (bicyclic) bond motifs is 3. The van der Waals surface area contributed by atoms with Gasteiger partial charge in [0.25, 0.3) is 0 Å². The van der Waals surface area contributed by atoms with Gasteiger partial charge in [-0.25, -0.2) is 0 Å². The molecule has 0 amide bonds. The number of aliphatic hydroxyl groups excluding tert-OH is 1. The molecule has 6 rings (SSSR count). The number of rotatable bonds is 7. The lowest BCUT2D eigenvalue weighted by atomic mass is 9.43. The molecule has 3 aromatic rings. The predicted octanol–water partition coefficient (Wildman–Crippen LogP) is 7.07. The molecule has 0 spiro atoms. The van der Waals surface area contributed by atoms with Crippen LogP contribution >= 0.6 is 11.3 Å². The summed E-state index contributed by atoms with van der Waals surface area (Å²) in [5.41, 5.74) is -0.101. The topological polar surface area (TPSA) is 55.8 Å². The van der Waals surface area contributed by atoms with Gasteiger partial charge in [-0.3, -0.25) is 4.79 Å². The maximum Gasteiger partial charge on any atom is 0.405 e. The van der Waals surface area contributed by atoms with Crippen LogP contribution in [0.25, 0.3) is 10.8 Å². The molecule has 0 saturated heterocycles. The Morgan fingerprint density at radius 3 is 2.49 bits per heavy atom. The maximum absolute atomic E-state index is 14.0. The Labute approximate surface area is 218 Å². The summed E-state index contributed by atoms with van der Waals surface area (Å²) in [6.45, 7) is 6.38. The van der Waals surface area contributed by atoms with Gasteiger partial charge in [0.1, 0.15) is 17.8 Å². The zero-order chi connectivity index (χ0) is 26.6. The molecule has 0 radical (unpaired) electrons. The number of carbonyl (C=O) groups is 1. The molecule has 3 fully saturated rings. The van der Waals surface area contributed by atoms with E-state index in [1.165, 1.54) is 12.1 Å². The summed E-state index contributed by atoms with van der Waals surface area (Å²) in [6, 6.07) is 16.8. The van der Waals surface area contributed by atoms with E-state index in [1.54, 1.807) is 5.38 Å². The van der Waals surface area contributed by atoms with Gasteiger partial charge in [0.2, 0.25) is 0 Å². The van der Waals surface area contributed by atoms with Crippen molar-refractivity contribution in [1.82, 2.24) is 0 Å². The van der Waals surface area contributed by atoms with E-state index in [0.717, 1.165) is 34.1 Å². The molecular weight excluding hydrogens is 501 g/mol. The largest absolute Gasteiger partial charge is 0.459 e. The Morgan fingerprint density at radius 1 is 1.08 bits per heavy atom. The number of alkyl halides is 3. The minimum atomic E-state index is -4.96. The number of hydrogen-bond donors (Lipinski definition) is 1. The van der Waals surface area contributed by atoms with Crippen LogP contribution in [0.4, 0.5) is 13.2 Å². The number of aliphatic hydroxyl groups is 1. The van der Waals surface area contributed by atoms with Crippen LogP contribution in [0, 0.1) is 23.2 Å². The molecule has 2 aromatic carbocycles. The molecule has 0 unspecified atom stereocenters. The highest BCUT2D eigenvalue weighted by Crippen LogP contribution is 2.64. The fourth-order valence-corrected chi connectivity index (χ4v) is 7.14. The van der Waals surface area contributed by atoms with E-state index in [2.05, 4.69) is 13.8 Å². The summed E-state index contributed by atoms with van der Waals surface area (Å²) >= 11 is 0.970. The van der Waals surface area contributed by atoms with E-state index in [4.69, 9.17) is 9.47 Å². The number of benzene rings is 2. The van der Waals surface area contributed by atoms with Crippen LogP contribution in [0.3, 0.4) is 0 Å². The van der Waals surface area contributed by atoms with E-state index >= 15 is 0 Å². The Hall–Kier alpha value is -2.42. The first-order valence-corrected chi connectivity index (χ1v) is 13.4. The number of esters is 1. The van der Waals surface area contributed by atoms with Gasteiger partial charge in [-0.1, -0.05) is 62.4 Å². The maximum atomic E-state index is 14.0. The molecular formula is C29H31F3O4S. The highest BCUT2D eigenvalue weighted by molar-refractivity contribution is 7.10. The van der Waals surface area contributed by atoms with Crippen molar-refractivity contribution in [3.05, 3.63) is 70.4 Å². The second-order valence-corrected chi connectivity index (χ2v) is 12.0. The molecule has 1 N–H and O–H groups in total. The van der Waals surface area contributed by atoms with Crippen molar-refractivity contribution in [2.24, 2.45) is 23.2 Å². The van der Waals surface area contributed by atoms with Crippen LogP contribution in [0.15, 0.2) is 60.0 Å². The molecule has 0 aliphatic heterocycles. The average molecular weight is 533 g/mol. The van der Waals surface area contributed by atoms with Crippen molar-refractivity contribution in [1.29, 1.82) is 0 Å². The van der Waals surface area contributed by atoms with Crippen molar-refractivity contribution < 1.29 is 32.5 Å². The van der Waals surface area contributed by atoms with Gasteiger partial charge in [-0.2, -0.15) is 13.2 Å². The van der Waals surface area contributed by atoms with E-state index in [0.29, 0.717) is 6.42 Å². The van der Waals surface area contributed by atoms with Crippen molar-refractivity contribution in [3.63, 3.8) is 0 Å². The molecule has 2 bridgehead atoms. The lowest BCUT2D eigenvalue weighted by Gasteiger charge is -2.65. The highest BCUT2D eigenvalue weighted by atomic mass is 32.1.